The van der Waals surface area contributed by atoms with E-state index in [1.54, 1.807) is 24.0 Å². The Bertz CT molecular complexity index is 546. The molecule has 0 N–H and O–H groups in total. The van der Waals surface area contributed by atoms with E-state index in [4.69, 9.17) is 39.5 Å². The first kappa shape index (κ1) is 14.4. The maximum absolute atomic E-state index is 11.5. The van der Waals surface area contributed by atoms with Gasteiger partial charge in [0.1, 0.15) is 6.54 Å². The molecule has 0 unspecified atom stereocenters. The average Bonchev–Trinajstić information content (AvgIpc) is 2.36. The highest BCUT2D eigenvalue weighted by molar-refractivity contribution is 6.65. The molecule has 0 spiro atoms. The van der Waals surface area contributed by atoms with E-state index in [1.165, 1.54) is 0 Å². The third-order valence-corrected chi connectivity index (χ3v) is 3.79. The minimum atomic E-state index is -0.363. The molecule has 102 valence electrons. The normalized spacial score (nSPS) is 13.9. The van der Waals surface area contributed by atoms with Crippen LogP contribution in [0.3, 0.4) is 0 Å². The van der Waals surface area contributed by atoms with Crippen molar-refractivity contribution < 1.29 is 9.53 Å². The number of benzene rings is 1. The van der Waals surface area contributed by atoms with Crippen LogP contribution in [0, 0.1) is 0 Å². The molecule has 0 atom stereocenters. The molecule has 0 fully saturated rings. The lowest BCUT2D eigenvalue weighted by Gasteiger charge is -2.27. The molecule has 19 heavy (non-hydrogen) atoms. The number of rotatable bonds is 3. The summed E-state index contributed by atoms with van der Waals surface area (Å²) in [5.74, 6) is -0.363. The van der Waals surface area contributed by atoms with Gasteiger partial charge in [-0.3, -0.25) is 4.79 Å². The van der Waals surface area contributed by atoms with Crippen LogP contribution in [0.5, 0.6) is 0 Å². The van der Waals surface area contributed by atoms with E-state index in [1.807, 2.05) is 0 Å². The topological polar surface area (TPSA) is 41.9 Å². The molecule has 0 saturated carbocycles. The molecular weight excluding hydrogens is 311 g/mol. The van der Waals surface area contributed by atoms with Gasteiger partial charge in [0.2, 0.25) is 0 Å². The molecule has 0 saturated heterocycles. The second-order valence-corrected chi connectivity index (χ2v) is 5.02. The van der Waals surface area contributed by atoms with Crippen LogP contribution >= 0.6 is 34.8 Å². The first-order chi connectivity index (χ1) is 9.02. The average molecular weight is 322 g/mol. The highest BCUT2D eigenvalue weighted by atomic mass is 35.5. The number of nitrogens with zero attached hydrogens (tertiary/aromatic N) is 2. The second kappa shape index (κ2) is 5.99. The number of fused-ring (bicyclic) bond motifs is 1. The van der Waals surface area contributed by atoms with Crippen molar-refractivity contribution in [1.29, 1.82) is 0 Å². The largest absolute Gasteiger partial charge is 0.465 e. The van der Waals surface area contributed by atoms with Crippen molar-refractivity contribution in [3.63, 3.8) is 0 Å². The zero-order valence-corrected chi connectivity index (χ0v) is 12.4. The van der Waals surface area contributed by atoms with Crippen molar-refractivity contribution in [2.24, 2.45) is 4.99 Å². The number of carbonyl (C=O) groups excluding carboxylic acids is 1. The smallest absolute Gasteiger partial charge is 0.325 e. The van der Waals surface area contributed by atoms with Crippen LogP contribution in [0.2, 0.25) is 10.0 Å². The summed E-state index contributed by atoms with van der Waals surface area (Å²) in [7, 11) is 0. The van der Waals surface area contributed by atoms with Gasteiger partial charge in [0.25, 0.3) is 0 Å². The molecule has 7 heteroatoms. The van der Waals surface area contributed by atoms with Crippen LogP contribution in [0.1, 0.15) is 12.5 Å². The molecule has 0 aliphatic carbocycles. The number of amidine groups is 1. The number of hydrogen-bond donors (Lipinski definition) is 0. The molecule has 0 aromatic heterocycles. The predicted molar refractivity (Wildman–Crippen MR) is 76.5 cm³/mol. The van der Waals surface area contributed by atoms with Gasteiger partial charge in [-0.05, 0) is 30.7 Å². The quantitative estimate of drug-likeness (QED) is 0.631. The summed E-state index contributed by atoms with van der Waals surface area (Å²) in [5.41, 5.74) is 1.42. The number of esters is 1. The number of hydrogen-bond acceptors (Lipinski definition) is 4. The van der Waals surface area contributed by atoms with Crippen molar-refractivity contribution in [1.82, 2.24) is 4.90 Å². The number of halogens is 3. The van der Waals surface area contributed by atoms with Crippen LogP contribution in [0.25, 0.3) is 0 Å². The number of aliphatic imine (C=N–C) groups is 1. The standard InChI is InChI=1S/C12H11Cl3N2O2/c1-2-19-10(18)6-17-5-7-9(16-12(17)15)4-3-8(13)11(7)14/h3-4H,2,5-6H2,1H3. The minimum absolute atomic E-state index is 0.0262. The van der Waals surface area contributed by atoms with Gasteiger partial charge in [-0.1, -0.05) is 23.2 Å². The zero-order chi connectivity index (χ0) is 14.0. The van der Waals surface area contributed by atoms with Gasteiger partial charge in [0.05, 0.1) is 22.3 Å². The Morgan fingerprint density at radius 3 is 2.84 bits per heavy atom. The van der Waals surface area contributed by atoms with E-state index < -0.39 is 0 Å². The lowest BCUT2D eigenvalue weighted by atomic mass is 10.1. The van der Waals surface area contributed by atoms with E-state index in [9.17, 15) is 4.79 Å². The summed E-state index contributed by atoms with van der Waals surface area (Å²) in [6.45, 7) is 2.47. The minimum Gasteiger partial charge on any atom is -0.465 e. The number of carbonyl (C=O) groups is 1. The Labute approximate surface area is 125 Å². The van der Waals surface area contributed by atoms with Crippen molar-refractivity contribution in [3.05, 3.63) is 27.7 Å². The SMILES string of the molecule is CCOC(=O)CN1Cc2c(ccc(Cl)c2Cl)N=C1Cl. The fraction of sp³-hybridized carbons (Fsp3) is 0.333. The summed E-state index contributed by atoms with van der Waals surface area (Å²) in [5, 5.41) is 1.12. The molecule has 2 rings (SSSR count). The lowest BCUT2D eigenvalue weighted by molar-refractivity contribution is -0.143. The van der Waals surface area contributed by atoms with Crippen LogP contribution < -0.4 is 0 Å². The Hall–Kier alpha value is -0.970. The third-order valence-electron chi connectivity index (χ3n) is 2.62. The Balaban J connectivity index is 2.24. The first-order valence-corrected chi connectivity index (χ1v) is 6.78. The van der Waals surface area contributed by atoms with Crippen molar-refractivity contribution >= 4 is 51.8 Å². The summed E-state index contributed by atoms with van der Waals surface area (Å²) < 4.78 is 4.88. The molecule has 1 aliphatic heterocycles. The molecule has 0 radical (unpaired) electrons. The van der Waals surface area contributed by atoms with E-state index in [0.717, 1.165) is 5.56 Å². The summed E-state index contributed by atoms with van der Waals surface area (Å²) in [6, 6.07) is 3.41. The molecule has 0 bridgehead atoms. The summed E-state index contributed by atoms with van der Waals surface area (Å²) in [6.07, 6.45) is 0. The van der Waals surface area contributed by atoms with Gasteiger partial charge < -0.3 is 9.64 Å². The fourth-order valence-electron chi connectivity index (χ4n) is 1.75. The third kappa shape index (κ3) is 3.14. The van der Waals surface area contributed by atoms with Gasteiger partial charge in [-0.15, -0.1) is 0 Å². The maximum atomic E-state index is 11.5. The Morgan fingerprint density at radius 2 is 2.16 bits per heavy atom. The Morgan fingerprint density at radius 1 is 1.42 bits per heavy atom. The lowest BCUT2D eigenvalue weighted by Crippen LogP contribution is -2.35. The fourth-order valence-corrected chi connectivity index (χ4v) is 2.35. The van der Waals surface area contributed by atoms with Crippen LogP contribution in [0.4, 0.5) is 5.69 Å². The van der Waals surface area contributed by atoms with Gasteiger partial charge >= 0.3 is 5.97 Å². The van der Waals surface area contributed by atoms with Gasteiger partial charge in [0.15, 0.2) is 5.29 Å². The van der Waals surface area contributed by atoms with Gasteiger partial charge in [0, 0.05) is 12.1 Å². The monoisotopic (exact) mass is 320 g/mol. The molecular formula is C12H11Cl3N2O2. The highest BCUT2D eigenvalue weighted by Gasteiger charge is 2.23. The van der Waals surface area contributed by atoms with Crippen molar-refractivity contribution in [3.8, 4) is 0 Å². The van der Waals surface area contributed by atoms with E-state index >= 15 is 0 Å². The summed E-state index contributed by atoms with van der Waals surface area (Å²) >= 11 is 18.1. The highest BCUT2D eigenvalue weighted by Crippen LogP contribution is 2.36. The Kier molecular flexibility index (Phi) is 4.55. The predicted octanol–water partition coefficient (Wildman–Crippen LogP) is 3.60. The second-order valence-electron chi connectivity index (χ2n) is 3.90. The van der Waals surface area contributed by atoms with Crippen molar-refractivity contribution in [2.45, 2.75) is 13.5 Å². The van der Waals surface area contributed by atoms with Gasteiger partial charge in [-0.25, -0.2) is 4.99 Å². The van der Waals surface area contributed by atoms with Crippen LogP contribution in [-0.2, 0) is 16.1 Å². The molecule has 0 amide bonds. The van der Waals surface area contributed by atoms with E-state index in [2.05, 4.69) is 4.99 Å². The molecule has 1 aromatic carbocycles. The van der Waals surface area contributed by atoms with Crippen LogP contribution in [0.15, 0.2) is 17.1 Å². The first-order valence-electron chi connectivity index (χ1n) is 5.64. The van der Waals surface area contributed by atoms with Gasteiger partial charge in [-0.2, -0.15) is 0 Å². The molecule has 1 heterocycles. The molecule has 1 aliphatic rings. The molecule has 4 nitrogen and oxygen atoms in total. The molecule has 1 aromatic rings. The summed E-state index contributed by atoms with van der Waals surface area (Å²) in [4.78, 5) is 17.3. The zero-order valence-electron chi connectivity index (χ0n) is 10.1. The van der Waals surface area contributed by atoms with E-state index in [0.29, 0.717) is 28.9 Å². The van der Waals surface area contributed by atoms with E-state index in [-0.39, 0.29) is 17.8 Å². The number of ether oxygens (including phenoxy) is 1. The van der Waals surface area contributed by atoms with Crippen molar-refractivity contribution in [2.75, 3.05) is 13.2 Å². The maximum Gasteiger partial charge on any atom is 0.325 e. The van der Waals surface area contributed by atoms with Crippen LogP contribution in [-0.4, -0.2) is 29.3 Å².